The Kier molecular flexibility index (Phi) is 3.83. The first-order valence-electron chi connectivity index (χ1n) is 5.59. The molecule has 1 heterocycles. The van der Waals surface area contributed by atoms with Gasteiger partial charge >= 0.3 is 5.97 Å². The molecule has 0 amide bonds. The molecule has 1 aromatic carbocycles. The van der Waals surface area contributed by atoms with Crippen LogP contribution in [-0.2, 0) is 4.74 Å². The van der Waals surface area contributed by atoms with Crippen LogP contribution in [0.15, 0.2) is 24.3 Å². The third kappa shape index (κ3) is 2.59. The number of rotatable bonds is 3. The largest absolute Gasteiger partial charge is 0.461 e. The first kappa shape index (κ1) is 13.1. The van der Waals surface area contributed by atoms with Gasteiger partial charge in [-0.25, -0.2) is 4.79 Å². The maximum absolute atomic E-state index is 11.6. The van der Waals surface area contributed by atoms with Crippen molar-refractivity contribution in [2.75, 3.05) is 6.61 Å². The molecule has 6 heteroatoms. The van der Waals surface area contributed by atoms with Gasteiger partial charge in [-0.3, -0.25) is 5.10 Å². The van der Waals surface area contributed by atoms with Crippen molar-refractivity contribution < 1.29 is 9.53 Å². The molecule has 96 valence electrons. The minimum atomic E-state index is -0.542. The molecule has 0 aliphatic carbocycles. The molecule has 1 N–H and O–H groups in total. The van der Waals surface area contributed by atoms with Crippen molar-refractivity contribution in [3.63, 3.8) is 0 Å². The van der Waals surface area contributed by atoms with Crippen molar-refractivity contribution in [1.82, 2.24) is 10.2 Å². The number of aromatic amines is 1. The van der Waals surface area contributed by atoms with Crippen molar-refractivity contribution in [3.05, 3.63) is 40.5 Å². The lowest BCUT2D eigenvalue weighted by atomic mass is 10.1. The number of carbonyl (C=O) groups is 1. The van der Waals surface area contributed by atoms with Crippen molar-refractivity contribution >= 4 is 17.6 Å². The summed E-state index contributed by atoms with van der Waals surface area (Å²) in [4.78, 5) is 11.6. The lowest BCUT2D eigenvalue weighted by Gasteiger charge is -1.99. The molecule has 1 aromatic heterocycles. The Hall–Kier alpha value is -2.32. The number of halogens is 1. The van der Waals surface area contributed by atoms with Crippen LogP contribution in [0.2, 0.25) is 5.02 Å². The van der Waals surface area contributed by atoms with Crippen LogP contribution in [-0.4, -0.2) is 22.8 Å². The molecular weight excluding hydrogens is 266 g/mol. The Labute approximate surface area is 114 Å². The fourth-order valence-corrected chi connectivity index (χ4v) is 1.83. The summed E-state index contributed by atoms with van der Waals surface area (Å²) in [6.45, 7) is 1.98. The quantitative estimate of drug-likeness (QED) is 0.874. The summed E-state index contributed by atoms with van der Waals surface area (Å²) in [6.07, 6.45) is 0. The second-order valence-electron chi connectivity index (χ2n) is 3.67. The molecule has 0 bridgehead atoms. The second-order valence-corrected chi connectivity index (χ2v) is 4.05. The zero-order valence-electron chi connectivity index (χ0n) is 10.1. The lowest BCUT2D eigenvalue weighted by molar-refractivity contribution is 0.0519. The molecule has 0 aliphatic heterocycles. The van der Waals surface area contributed by atoms with Crippen LogP contribution in [0.3, 0.4) is 0 Å². The van der Waals surface area contributed by atoms with Crippen LogP contribution in [0, 0.1) is 11.3 Å². The van der Waals surface area contributed by atoms with Crippen LogP contribution in [0.4, 0.5) is 0 Å². The van der Waals surface area contributed by atoms with E-state index >= 15 is 0 Å². The first-order valence-corrected chi connectivity index (χ1v) is 5.96. The normalized spacial score (nSPS) is 9.95. The molecule has 0 fully saturated rings. The highest BCUT2D eigenvalue weighted by atomic mass is 35.5. The predicted octanol–water partition coefficient (Wildman–Crippen LogP) is 2.78. The fraction of sp³-hybridized carbons (Fsp3) is 0.154. The molecule has 0 aliphatic rings. The summed E-state index contributed by atoms with van der Waals surface area (Å²) in [6, 6.07) is 8.77. The Morgan fingerprint density at radius 1 is 1.47 bits per heavy atom. The summed E-state index contributed by atoms with van der Waals surface area (Å²) in [5.74, 6) is -0.542. The van der Waals surface area contributed by atoms with Gasteiger partial charge in [0.2, 0.25) is 0 Å². The molecule has 0 radical (unpaired) electrons. The van der Waals surface area contributed by atoms with Crippen LogP contribution < -0.4 is 0 Å². The Balaban J connectivity index is 2.36. The second kappa shape index (κ2) is 5.55. The number of aromatic nitrogens is 2. The van der Waals surface area contributed by atoms with Gasteiger partial charge < -0.3 is 4.74 Å². The predicted molar refractivity (Wildman–Crippen MR) is 69.7 cm³/mol. The summed E-state index contributed by atoms with van der Waals surface area (Å²) < 4.78 is 4.86. The van der Waals surface area contributed by atoms with Gasteiger partial charge in [0.25, 0.3) is 0 Å². The smallest absolute Gasteiger partial charge is 0.357 e. The van der Waals surface area contributed by atoms with Gasteiger partial charge in [0.05, 0.1) is 18.2 Å². The number of hydrogen-bond donors (Lipinski definition) is 1. The van der Waals surface area contributed by atoms with E-state index in [4.69, 9.17) is 21.6 Å². The monoisotopic (exact) mass is 275 g/mol. The van der Waals surface area contributed by atoms with Crippen molar-refractivity contribution in [1.29, 1.82) is 5.26 Å². The molecule has 0 saturated carbocycles. The van der Waals surface area contributed by atoms with Crippen molar-refractivity contribution in [3.8, 4) is 17.3 Å². The first-order chi connectivity index (χ1) is 9.17. The summed E-state index contributed by atoms with van der Waals surface area (Å²) in [5, 5.41) is 15.5. The van der Waals surface area contributed by atoms with E-state index in [9.17, 15) is 4.79 Å². The average molecular weight is 276 g/mol. The van der Waals surface area contributed by atoms with E-state index in [2.05, 4.69) is 10.2 Å². The minimum absolute atomic E-state index is 0.128. The topological polar surface area (TPSA) is 78.8 Å². The lowest BCUT2D eigenvalue weighted by Crippen LogP contribution is -2.05. The molecule has 5 nitrogen and oxygen atoms in total. The highest BCUT2D eigenvalue weighted by Gasteiger charge is 2.19. The van der Waals surface area contributed by atoms with Gasteiger partial charge in [0.1, 0.15) is 10.7 Å². The molecule has 19 heavy (non-hydrogen) atoms. The van der Waals surface area contributed by atoms with Gasteiger partial charge in [-0.15, -0.1) is 0 Å². The Morgan fingerprint density at radius 2 is 2.16 bits per heavy atom. The molecule has 0 unspecified atom stereocenters. The summed E-state index contributed by atoms with van der Waals surface area (Å²) in [5.41, 5.74) is 1.84. The van der Waals surface area contributed by atoms with Gasteiger partial charge in [-0.1, -0.05) is 23.7 Å². The number of esters is 1. The minimum Gasteiger partial charge on any atom is -0.461 e. The van der Waals surface area contributed by atoms with Gasteiger partial charge in [0, 0.05) is 5.56 Å². The van der Waals surface area contributed by atoms with E-state index in [1.54, 1.807) is 31.2 Å². The molecule has 2 rings (SSSR count). The van der Waals surface area contributed by atoms with Crippen LogP contribution in [0.25, 0.3) is 11.3 Å². The summed E-state index contributed by atoms with van der Waals surface area (Å²) in [7, 11) is 0. The van der Waals surface area contributed by atoms with Crippen molar-refractivity contribution in [2.45, 2.75) is 6.92 Å². The molecule has 2 aromatic rings. The number of nitrogens with zero attached hydrogens (tertiary/aromatic N) is 2. The molecule has 0 spiro atoms. The maximum Gasteiger partial charge on any atom is 0.357 e. The number of nitriles is 1. The number of carbonyl (C=O) groups excluding carboxylic acids is 1. The SMILES string of the molecule is CCOC(=O)c1[nH]nc(-c2ccc(C#N)cc2)c1Cl. The van der Waals surface area contributed by atoms with Gasteiger partial charge in [-0.05, 0) is 19.1 Å². The highest BCUT2D eigenvalue weighted by molar-refractivity contribution is 6.35. The third-order valence-corrected chi connectivity index (χ3v) is 2.84. The zero-order chi connectivity index (χ0) is 13.8. The van der Waals surface area contributed by atoms with Gasteiger partial charge in [-0.2, -0.15) is 10.4 Å². The molecular formula is C13H10ClN3O2. The van der Waals surface area contributed by atoms with E-state index in [0.717, 1.165) is 5.56 Å². The zero-order valence-corrected chi connectivity index (χ0v) is 10.9. The number of benzene rings is 1. The van der Waals surface area contributed by atoms with Crippen molar-refractivity contribution in [2.24, 2.45) is 0 Å². The maximum atomic E-state index is 11.6. The molecule has 0 saturated heterocycles. The van der Waals surface area contributed by atoms with E-state index in [1.165, 1.54) is 0 Å². The number of hydrogen-bond acceptors (Lipinski definition) is 4. The Morgan fingerprint density at radius 3 is 2.74 bits per heavy atom. The van der Waals surface area contributed by atoms with E-state index < -0.39 is 5.97 Å². The summed E-state index contributed by atoms with van der Waals surface area (Å²) >= 11 is 6.10. The van der Waals surface area contributed by atoms with E-state index in [0.29, 0.717) is 11.3 Å². The van der Waals surface area contributed by atoms with E-state index in [1.807, 2.05) is 6.07 Å². The molecule has 0 atom stereocenters. The van der Waals surface area contributed by atoms with Crippen LogP contribution >= 0.6 is 11.6 Å². The van der Waals surface area contributed by atoms with E-state index in [-0.39, 0.29) is 17.3 Å². The number of nitrogens with one attached hydrogen (secondary N) is 1. The van der Waals surface area contributed by atoms with Gasteiger partial charge in [0.15, 0.2) is 5.69 Å². The van der Waals surface area contributed by atoms with Crippen LogP contribution in [0.5, 0.6) is 0 Å². The van der Waals surface area contributed by atoms with Crippen LogP contribution in [0.1, 0.15) is 23.0 Å². The Bertz CT molecular complexity index is 641. The average Bonchev–Trinajstić information content (AvgIpc) is 2.81. The standard InChI is InChI=1S/C13H10ClN3O2/c1-2-19-13(18)12-10(14)11(16-17-12)9-5-3-8(7-15)4-6-9/h3-6H,2H2,1H3,(H,16,17). The number of H-pyrrole nitrogens is 1. The highest BCUT2D eigenvalue weighted by Crippen LogP contribution is 2.28. The number of ether oxygens (including phenoxy) is 1. The third-order valence-electron chi connectivity index (χ3n) is 2.47. The fourth-order valence-electron chi connectivity index (χ4n) is 1.56.